The first-order chi connectivity index (χ1) is 11.4. The predicted molar refractivity (Wildman–Crippen MR) is 95.1 cm³/mol. The largest absolute Gasteiger partial charge is 0.326 e. The molecule has 1 N–H and O–H groups in total. The minimum absolute atomic E-state index is 0.0179. The van der Waals surface area contributed by atoms with Crippen LogP contribution in [-0.4, -0.2) is 14.3 Å². The SMILES string of the molecule is CC1CC1C(=O)Nc1cccc(CS(=O)(=O)Cc2ccccc2)c1. The van der Waals surface area contributed by atoms with Crippen molar-refractivity contribution in [2.45, 2.75) is 24.9 Å². The fourth-order valence-electron chi connectivity index (χ4n) is 2.79. The van der Waals surface area contributed by atoms with Crippen molar-refractivity contribution in [2.75, 3.05) is 5.32 Å². The standard InChI is InChI=1S/C19H21NO3S/c1-14-10-18(14)19(21)20-17-9-5-8-16(11-17)13-24(22,23)12-15-6-3-2-4-7-15/h2-9,11,14,18H,10,12-13H2,1H3,(H,20,21). The van der Waals surface area contributed by atoms with Gasteiger partial charge in [0.2, 0.25) is 5.91 Å². The van der Waals surface area contributed by atoms with Gasteiger partial charge in [-0.1, -0.05) is 49.4 Å². The fraction of sp³-hybridized carbons (Fsp3) is 0.316. The molecule has 1 fully saturated rings. The first-order valence-electron chi connectivity index (χ1n) is 8.07. The molecule has 2 aromatic rings. The summed E-state index contributed by atoms with van der Waals surface area (Å²) >= 11 is 0. The van der Waals surface area contributed by atoms with E-state index in [1.54, 1.807) is 24.3 Å². The van der Waals surface area contributed by atoms with Crippen molar-refractivity contribution in [1.29, 1.82) is 0 Å². The van der Waals surface area contributed by atoms with Crippen LogP contribution >= 0.6 is 0 Å². The third-order valence-corrected chi connectivity index (χ3v) is 5.80. The number of benzene rings is 2. The lowest BCUT2D eigenvalue weighted by Crippen LogP contribution is -2.14. The van der Waals surface area contributed by atoms with E-state index >= 15 is 0 Å². The van der Waals surface area contributed by atoms with Crippen LogP contribution < -0.4 is 5.32 Å². The molecular formula is C19H21NO3S. The van der Waals surface area contributed by atoms with E-state index in [-0.39, 0.29) is 23.3 Å². The zero-order valence-corrected chi connectivity index (χ0v) is 14.4. The zero-order chi connectivity index (χ0) is 17.2. The molecule has 0 spiro atoms. The van der Waals surface area contributed by atoms with Crippen LogP contribution in [-0.2, 0) is 26.1 Å². The first kappa shape index (κ1) is 16.7. The van der Waals surface area contributed by atoms with Crippen molar-refractivity contribution in [2.24, 2.45) is 11.8 Å². The molecule has 0 bridgehead atoms. The van der Waals surface area contributed by atoms with E-state index in [0.29, 0.717) is 17.2 Å². The van der Waals surface area contributed by atoms with Crippen LogP contribution in [0.4, 0.5) is 5.69 Å². The van der Waals surface area contributed by atoms with Gasteiger partial charge in [-0.3, -0.25) is 4.79 Å². The molecule has 0 heterocycles. The van der Waals surface area contributed by atoms with Gasteiger partial charge in [-0.05, 0) is 35.6 Å². The minimum atomic E-state index is -3.26. The van der Waals surface area contributed by atoms with E-state index in [1.165, 1.54) is 0 Å². The summed E-state index contributed by atoms with van der Waals surface area (Å²) in [5, 5.41) is 2.88. The number of rotatable bonds is 6. The second kappa shape index (κ2) is 6.77. The Morgan fingerprint density at radius 2 is 1.67 bits per heavy atom. The monoisotopic (exact) mass is 343 g/mol. The maximum Gasteiger partial charge on any atom is 0.227 e. The van der Waals surface area contributed by atoms with Gasteiger partial charge in [0.15, 0.2) is 9.84 Å². The summed E-state index contributed by atoms with van der Waals surface area (Å²) < 4.78 is 24.8. The molecule has 0 aliphatic heterocycles. The van der Waals surface area contributed by atoms with Gasteiger partial charge in [-0.25, -0.2) is 8.42 Å². The van der Waals surface area contributed by atoms with Crippen LogP contribution in [0.25, 0.3) is 0 Å². The molecule has 2 unspecified atom stereocenters. The van der Waals surface area contributed by atoms with E-state index in [0.717, 1.165) is 12.0 Å². The lowest BCUT2D eigenvalue weighted by atomic mass is 10.2. The highest BCUT2D eigenvalue weighted by atomic mass is 32.2. The van der Waals surface area contributed by atoms with Gasteiger partial charge in [-0.15, -0.1) is 0 Å². The number of carbonyl (C=O) groups excluding carboxylic acids is 1. The van der Waals surface area contributed by atoms with Crippen LogP contribution in [0.15, 0.2) is 54.6 Å². The highest BCUT2D eigenvalue weighted by molar-refractivity contribution is 7.89. The quantitative estimate of drug-likeness (QED) is 0.874. The minimum Gasteiger partial charge on any atom is -0.326 e. The molecule has 2 aromatic carbocycles. The molecule has 1 aliphatic carbocycles. The molecule has 0 radical (unpaired) electrons. The van der Waals surface area contributed by atoms with Gasteiger partial charge < -0.3 is 5.32 Å². The van der Waals surface area contributed by atoms with E-state index in [4.69, 9.17) is 0 Å². The fourth-order valence-corrected chi connectivity index (χ4v) is 4.28. The summed E-state index contributed by atoms with van der Waals surface area (Å²) in [6, 6.07) is 16.2. The number of hydrogen-bond acceptors (Lipinski definition) is 3. The van der Waals surface area contributed by atoms with Gasteiger partial charge in [0.05, 0.1) is 11.5 Å². The van der Waals surface area contributed by atoms with Crippen molar-refractivity contribution >= 4 is 21.4 Å². The van der Waals surface area contributed by atoms with Gasteiger partial charge in [-0.2, -0.15) is 0 Å². The Morgan fingerprint density at radius 3 is 2.33 bits per heavy atom. The average molecular weight is 343 g/mol. The average Bonchev–Trinajstić information content (AvgIpc) is 3.25. The molecule has 3 rings (SSSR count). The van der Waals surface area contributed by atoms with Gasteiger partial charge in [0.25, 0.3) is 0 Å². The molecule has 2 atom stereocenters. The number of carbonyl (C=O) groups is 1. The van der Waals surface area contributed by atoms with Crippen molar-refractivity contribution in [3.8, 4) is 0 Å². The van der Waals surface area contributed by atoms with E-state index < -0.39 is 9.84 Å². The van der Waals surface area contributed by atoms with Gasteiger partial charge in [0, 0.05) is 11.6 Å². The maximum absolute atomic E-state index is 12.4. The Bertz CT molecular complexity index is 831. The number of nitrogens with one attached hydrogen (secondary N) is 1. The van der Waals surface area contributed by atoms with E-state index in [9.17, 15) is 13.2 Å². The van der Waals surface area contributed by atoms with E-state index in [1.807, 2.05) is 30.3 Å². The molecule has 4 nitrogen and oxygen atoms in total. The molecule has 1 amide bonds. The normalized spacial score (nSPS) is 19.7. The maximum atomic E-state index is 12.4. The van der Waals surface area contributed by atoms with Crippen LogP contribution in [0.5, 0.6) is 0 Å². The smallest absolute Gasteiger partial charge is 0.227 e. The van der Waals surface area contributed by atoms with Gasteiger partial charge >= 0.3 is 0 Å². The number of sulfone groups is 1. The molecule has 0 aromatic heterocycles. The second-order valence-corrected chi connectivity index (χ2v) is 8.59. The van der Waals surface area contributed by atoms with E-state index in [2.05, 4.69) is 12.2 Å². The van der Waals surface area contributed by atoms with Crippen molar-refractivity contribution < 1.29 is 13.2 Å². The Morgan fingerprint density at radius 1 is 1.04 bits per heavy atom. The molecule has 5 heteroatoms. The summed E-state index contributed by atoms with van der Waals surface area (Å²) in [4.78, 5) is 12.0. The highest BCUT2D eigenvalue weighted by Gasteiger charge is 2.39. The number of amides is 1. The lowest BCUT2D eigenvalue weighted by Gasteiger charge is -2.08. The van der Waals surface area contributed by atoms with Crippen molar-refractivity contribution in [1.82, 2.24) is 0 Å². The second-order valence-electron chi connectivity index (χ2n) is 6.53. The third kappa shape index (κ3) is 4.45. The number of hydrogen-bond donors (Lipinski definition) is 1. The third-order valence-electron chi connectivity index (χ3n) is 4.26. The van der Waals surface area contributed by atoms with Crippen LogP contribution in [0, 0.1) is 11.8 Å². The molecule has 126 valence electrons. The first-order valence-corrected chi connectivity index (χ1v) is 9.89. The molecular weight excluding hydrogens is 322 g/mol. The van der Waals surface area contributed by atoms with Crippen LogP contribution in [0.2, 0.25) is 0 Å². The summed E-state index contributed by atoms with van der Waals surface area (Å²) in [5.74, 6) is 0.539. The predicted octanol–water partition coefficient (Wildman–Crippen LogP) is 3.40. The topological polar surface area (TPSA) is 63.2 Å². The Balaban J connectivity index is 1.66. The van der Waals surface area contributed by atoms with Crippen molar-refractivity contribution in [3.05, 3.63) is 65.7 Å². The molecule has 1 saturated carbocycles. The summed E-state index contributed by atoms with van der Waals surface area (Å²) in [6.45, 7) is 2.05. The van der Waals surface area contributed by atoms with Crippen molar-refractivity contribution in [3.63, 3.8) is 0 Å². The molecule has 1 aliphatic rings. The summed E-state index contributed by atoms with van der Waals surface area (Å²) in [6.07, 6.45) is 0.928. The zero-order valence-electron chi connectivity index (χ0n) is 13.6. The lowest BCUT2D eigenvalue weighted by molar-refractivity contribution is -0.117. The Hall–Kier alpha value is -2.14. The summed E-state index contributed by atoms with van der Waals surface area (Å²) in [7, 11) is -3.26. The molecule has 0 saturated heterocycles. The summed E-state index contributed by atoms with van der Waals surface area (Å²) in [5.41, 5.74) is 2.13. The van der Waals surface area contributed by atoms with Gasteiger partial charge in [0.1, 0.15) is 0 Å². The Labute approximate surface area is 142 Å². The van der Waals surface area contributed by atoms with Crippen LogP contribution in [0.3, 0.4) is 0 Å². The van der Waals surface area contributed by atoms with Crippen LogP contribution in [0.1, 0.15) is 24.5 Å². The highest BCUT2D eigenvalue weighted by Crippen LogP contribution is 2.38. The Kier molecular flexibility index (Phi) is 4.71. The number of anilines is 1. The molecule has 24 heavy (non-hydrogen) atoms.